The number of anilines is 3. The van der Waals surface area contributed by atoms with Gasteiger partial charge in [-0.3, -0.25) is 0 Å². The number of nitrogens with zero attached hydrogens (tertiary/aromatic N) is 2. The Kier molecular flexibility index (Phi) is 3.81. The first-order valence-corrected chi connectivity index (χ1v) is 7.22. The molecule has 0 aliphatic heterocycles. The Bertz CT molecular complexity index is 559. The summed E-state index contributed by atoms with van der Waals surface area (Å²) < 4.78 is 0. The van der Waals surface area contributed by atoms with Crippen LogP contribution in [0, 0.1) is 6.92 Å². The minimum Gasteiger partial charge on any atom is -0.367 e. The molecule has 104 valence electrons. The maximum atomic E-state index is 4.30. The second kappa shape index (κ2) is 5.90. The quantitative estimate of drug-likeness (QED) is 0.883. The fourth-order valence-corrected chi connectivity index (χ4v) is 2.57. The zero-order valence-corrected chi connectivity index (χ0v) is 11.8. The van der Waals surface area contributed by atoms with Crippen molar-refractivity contribution in [3.8, 4) is 0 Å². The van der Waals surface area contributed by atoms with E-state index < -0.39 is 0 Å². The Morgan fingerprint density at radius 3 is 2.45 bits per heavy atom. The van der Waals surface area contributed by atoms with Crippen LogP contribution in [0.5, 0.6) is 0 Å². The first-order valence-electron chi connectivity index (χ1n) is 7.22. The molecule has 0 spiro atoms. The van der Waals surface area contributed by atoms with Crippen LogP contribution in [0.25, 0.3) is 0 Å². The minimum absolute atomic E-state index is 0.567. The van der Waals surface area contributed by atoms with Gasteiger partial charge in [-0.25, -0.2) is 9.97 Å². The molecule has 0 atom stereocenters. The number of hydrogen-bond acceptors (Lipinski definition) is 4. The smallest absolute Gasteiger partial charge is 0.135 e. The first-order chi connectivity index (χ1) is 9.79. The second-order valence-corrected chi connectivity index (χ2v) is 5.41. The van der Waals surface area contributed by atoms with Crippen molar-refractivity contribution in [2.75, 3.05) is 10.6 Å². The lowest BCUT2D eigenvalue weighted by atomic mass is 10.2. The Morgan fingerprint density at radius 2 is 1.70 bits per heavy atom. The highest BCUT2D eigenvalue weighted by molar-refractivity contribution is 5.59. The third-order valence-corrected chi connectivity index (χ3v) is 3.70. The van der Waals surface area contributed by atoms with Crippen LogP contribution in [0.1, 0.15) is 31.2 Å². The number of nitrogens with one attached hydrogen (secondary N) is 2. The summed E-state index contributed by atoms with van der Waals surface area (Å²) in [5.74, 6) is 1.73. The fourth-order valence-electron chi connectivity index (χ4n) is 2.57. The lowest BCUT2D eigenvalue weighted by Gasteiger charge is -2.13. The average molecular weight is 268 g/mol. The van der Waals surface area contributed by atoms with Gasteiger partial charge in [0.05, 0.1) is 0 Å². The molecule has 1 aliphatic carbocycles. The molecule has 0 bridgehead atoms. The van der Waals surface area contributed by atoms with Gasteiger partial charge in [0.15, 0.2) is 0 Å². The summed E-state index contributed by atoms with van der Waals surface area (Å²) in [6.45, 7) is 2.08. The van der Waals surface area contributed by atoms with Crippen LogP contribution in [0.4, 0.5) is 17.3 Å². The zero-order chi connectivity index (χ0) is 13.8. The third kappa shape index (κ3) is 3.26. The van der Waals surface area contributed by atoms with Crippen molar-refractivity contribution in [2.24, 2.45) is 0 Å². The van der Waals surface area contributed by atoms with Crippen LogP contribution < -0.4 is 10.6 Å². The zero-order valence-electron chi connectivity index (χ0n) is 11.8. The molecule has 1 saturated carbocycles. The fraction of sp³-hybridized carbons (Fsp3) is 0.375. The highest BCUT2D eigenvalue weighted by atomic mass is 15.1. The van der Waals surface area contributed by atoms with Gasteiger partial charge in [-0.05, 0) is 31.9 Å². The SMILES string of the molecule is Cc1ccc(Nc2cc(NC3CCCC3)ncn2)cc1. The Morgan fingerprint density at radius 1 is 1.00 bits per heavy atom. The molecule has 4 heteroatoms. The maximum absolute atomic E-state index is 4.30. The van der Waals surface area contributed by atoms with Crippen molar-refractivity contribution < 1.29 is 0 Å². The summed E-state index contributed by atoms with van der Waals surface area (Å²) in [6.07, 6.45) is 6.72. The molecule has 1 heterocycles. The van der Waals surface area contributed by atoms with E-state index in [0.29, 0.717) is 6.04 Å². The van der Waals surface area contributed by atoms with Gasteiger partial charge in [0.25, 0.3) is 0 Å². The number of aromatic nitrogens is 2. The summed E-state index contributed by atoms with van der Waals surface area (Å²) in [5.41, 5.74) is 2.29. The Hall–Kier alpha value is -2.10. The standard InChI is InChI=1S/C16H20N4/c1-12-6-8-14(9-7-12)20-16-10-15(17-11-18-16)19-13-4-2-3-5-13/h6-11,13H,2-5H2,1H3,(H2,17,18,19,20). The van der Waals surface area contributed by atoms with Gasteiger partial charge in [0.2, 0.25) is 0 Å². The van der Waals surface area contributed by atoms with Gasteiger partial charge < -0.3 is 10.6 Å². The van der Waals surface area contributed by atoms with E-state index in [4.69, 9.17) is 0 Å². The van der Waals surface area contributed by atoms with Gasteiger partial charge in [-0.1, -0.05) is 30.5 Å². The largest absolute Gasteiger partial charge is 0.367 e. The molecule has 0 amide bonds. The molecule has 0 saturated heterocycles. The molecule has 0 radical (unpaired) electrons. The van der Waals surface area contributed by atoms with E-state index in [0.717, 1.165) is 17.3 Å². The maximum Gasteiger partial charge on any atom is 0.135 e. The van der Waals surface area contributed by atoms with E-state index in [1.807, 2.05) is 6.07 Å². The lowest BCUT2D eigenvalue weighted by molar-refractivity contribution is 0.750. The molecule has 2 N–H and O–H groups in total. The van der Waals surface area contributed by atoms with Crippen LogP contribution in [-0.2, 0) is 0 Å². The van der Waals surface area contributed by atoms with E-state index in [9.17, 15) is 0 Å². The summed E-state index contributed by atoms with van der Waals surface area (Å²) in [6, 6.07) is 10.8. The average Bonchev–Trinajstić information content (AvgIpc) is 2.95. The van der Waals surface area contributed by atoms with Crippen LogP contribution in [-0.4, -0.2) is 16.0 Å². The molecule has 20 heavy (non-hydrogen) atoms. The van der Waals surface area contributed by atoms with E-state index in [1.165, 1.54) is 31.2 Å². The summed E-state index contributed by atoms with van der Waals surface area (Å²) in [5, 5.41) is 6.79. The normalized spacial score (nSPS) is 15.2. The molecular weight excluding hydrogens is 248 g/mol. The van der Waals surface area contributed by atoms with Crippen LogP contribution in [0.3, 0.4) is 0 Å². The van der Waals surface area contributed by atoms with Gasteiger partial charge in [-0.2, -0.15) is 0 Å². The number of hydrogen-bond donors (Lipinski definition) is 2. The number of rotatable bonds is 4. The van der Waals surface area contributed by atoms with Gasteiger partial charge >= 0.3 is 0 Å². The predicted molar refractivity (Wildman–Crippen MR) is 82.4 cm³/mol. The minimum atomic E-state index is 0.567. The van der Waals surface area contributed by atoms with Gasteiger partial charge in [0, 0.05) is 17.8 Å². The molecule has 1 fully saturated rings. The monoisotopic (exact) mass is 268 g/mol. The second-order valence-electron chi connectivity index (χ2n) is 5.41. The van der Waals surface area contributed by atoms with Gasteiger partial charge in [0.1, 0.15) is 18.0 Å². The van der Waals surface area contributed by atoms with Crippen molar-refractivity contribution in [2.45, 2.75) is 38.6 Å². The van der Waals surface area contributed by atoms with Crippen molar-refractivity contribution >= 4 is 17.3 Å². The first kappa shape index (κ1) is 12.9. The molecule has 2 aromatic rings. The predicted octanol–water partition coefficient (Wildman–Crippen LogP) is 3.88. The van der Waals surface area contributed by atoms with E-state index in [1.54, 1.807) is 6.33 Å². The third-order valence-electron chi connectivity index (χ3n) is 3.70. The summed E-state index contributed by atoms with van der Waals surface area (Å²) in [7, 11) is 0. The number of aryl methyl sites for hydroxylation is 1. The molecule has 4 nitrogen and oxygen atoms in total. The van der Waals surface area contributed by atoms with E-state index in [2.05, 4.69) is 51.8 Å². The van der Waals surface area contributed by atoms with Crippen molar-refractivity contribution in [1.29, 1.82) is 0 Å². The van der Waals surface area contributed by atoms with Crippen molar-refractivity contribution in [1.82, 2.24) is 9.97 Å². The molecule has 1 aromatic carbocycles. The van der Waals surface area contributed by atoms with Crippen molar-refractivity contribution in [3.05, 3.63) is 42.2 Å². The Balaban J connectivity index is 1.68. The lowest BCUT2D eigenvalue weighted by Crippen LogP contribution is -2.15. The van der Waals surface area contributed by atoms with E-state index >= 15 is 0 Å². The summed E-state index contributed by atoms with van der Waals surface area (Å²) >= 11 is 0. The highest BCUT2D eigenvalue weighted by Gasteiger charge is 2.15. The molecule has 3 rings (SSSR count). The number of benzene rings is 1. The topological polar surface area (TPSA) is 49.8 Å². The van der Waals surface area contributed by atoms with Crippen molar-refractivity contribution in [3.63, 3.8) is 0 Å². The highest BCUT2D eigenvalue weighted by Crippen LogP contribution is 2.22. The molecular formula is C16H20N4. The molecule has 1 aliphatic rings. The molecule has 1 aromatic heterocycles. The van der Waals surface area contributed by atoms with Gasteiger partial charge in [-0.15, -0.1) is 0 Å². The van der Waals surface area contributed by atoms with E-state index in [-0.39, 0.29) is 0 Å². The van der Waals surface area contributed by atoms with Crippen LogP contribution in [0.2, 0.25) is 0 Å². The van der Waals surface area contributed by atoms with Crippen LogP contribution >= 0.6 is 0 Å². The molecule has 0 unspecified atom stereocenters. The summed E-state index contributed by atoms with van der Waals surface area (Å²) in [4.78, 5) is 8.57. The Labute approximate surface area is 119 Å². The van der Waals surface area contributed by atoms with Crippen LogP contribution in [0.15, 0.2) is 36.7 Å².